The second kappa shape index (κ2) is 8.72. The molecule has 2 N–H and O–H groups in total. The fourth-order valence-electron chi connectivity index (χ4n) is 5.64. The number of likely N-dealkylation sites (tertiary alicyclic amines) is 2. The smallest absolute Gasteiger partial charge is 0.407 e. The average molecular weight is 463 g/mol. The second-order valence-electron chi connectivity index (χ2n) is 10.0. The van der Waals surface area contributed by atoms with Crippen molar-refractivity contribution in [2.24, 2.45) is 5.92 Å². The number of nitrogens with one attached hydrogen (secondary N) is 1. The first-order chi connectivity index (χ1) is 16.4. The third-order valence-corrected chi connectivity index (χ3v) is 7.29. The lowest BCUT2D eigenvalue weighted by molar-refractivity contribution is -0.0514. The molecule has 10 nitrogen and oxygen atoms in total. The van der Waals surface area contributed by atoms with Gasteiger partial charge >= 0.3 is 6.09 Å². The van der Waals surface area contributed by atoms with Crippen molar-refractivity contribution >= 4 is 17.1 Å². The van der Waals surface area contributed by atoms with Gasteiger partial charge in [0.05, 0.1) is 24.4 Å². The molecule has 0 spiro atoms. The molecule has 1 amide bonds. The van der Waals surface area contributed by atoms with Crippen molar-refractivity contribution in [3.8, 4) is 17.3 Å². The first-order valence-corrected chi connectivity index (χ1v) is 11.8. The van der Waals surface area contributed by atoms with Crippen LogP contribution in [0.25, 0.3) is 22.3 Å². The molecule has 0 radical (unpaired) electrons. The van der Waals surface area contributed by atoms with E-state index in [1.165, 1.54) is 0 Å². The number of nitrogens with zero attached hydrogens (tertiary/aromatic N) is 7. The number of piperidine rings is 1. The molecular weight excluding hydrogens is 432 g/mol. The summed E-state index contributed by atoms with van der Waals surface area (Å²) in [5.74, 6) is 0.440. The van der Waals surface area contributed by atoms with Gasteiger partial charge in [0, 0.05) is 55.1 Å². The van der Waals surface area contributed by atoms with E-state index >= 15 is 0 Å². The van der Waals surface area contributed by atoms with Crippen LogP contribution in [0.3, 0.4) is 0 Å². The number of amides is 1. The fourth-order valence-corrected chi connectivity index (χ4v) is 5.64. The highest BCUT2D eigenvalue weighted by Crippen LogP contribution is 2.38. The van der Waals surface area contributed by atoms with Crippen LogP contribution in [-0.2, 0) is 5.54 Å². The highest BCUT2D eigenvalue weighted by Gasteiger charge is 2.49. The maximum Gasteiger partial charge on any atom is 0.407 e. The number of carboxylic acid groups (broad SMARTS) is 1. The van der Waals surface area contributed by atoms with Crippen LogP contribution in [0.5, 0.6) is 0 Å². The Kier molecular flexibility index (Phi) is 5.73. The molecule has 2 atom stereocenters. The molecule has 2 unspecified atom stereocenters. The quantitative estimate of drug-likeness (QED) is 0.575. The first kappa shape index (κ1) is 22.3. The van der Waals surface area contributed by atoms with Crippen molar-refractivity contribution in [3.05, 3.63) is 31.0 Å². The maximum atomic E-state index is 11.7. The summed E-state index contributed by atoms with van der Waals surface area (Å²) in [7, 11) is 0. The Balaban J connectivity index is 1.33. The van der Waals surface area contributed by atoms with Crippen LogP contribution in [0.1, 0.15) is 39.5 Å². The van der Waals surface area contributed by atoms with Crippen LogP contribution in [0.15, 0.2) is 31.0 Å². The Morgan fingerprint density at radius 3 is 2.94 bits per heavy atom. The summed E-state index contributed by atoms with van der Waals surface area (Å²) in [6.45, 7) is 6.30. The SMILES string of the molecule is CC(C)CC1CC(N2CC(CC#N)(n3cc(-c4ncnc5[nH]ccc45)cn3)C2)CCN1C(=O)O. The van der Waals surface area contributed by atoms with E-state index in [1.54, 1.807) is 17.4 Å². The highest BCUT2D eigenvalue weighted by molar-refractivity contribution is 5.90. The van der Waals surface area contributed by atoms with Gasteiger partial charge in [0.1, 0.15) is 17.5 Å². The minimum atomic E-state index is -0.822. The third kappa shape index (κ3) is 3.90. The van der Waals surface area contributed by atoms with Gasteiger partial charge in [-0.2, -0.15) is 10.4 Å². The van der Waals surface area contributed by atoms with Gasteiger partial charge in [-0.1, -0.05) is 13.8 Å². The summed E-state index contributed by atoms with van der Waals surface area (Å²) in [4.78, 5) is 27.6. The Bertz CT molecular complexity index is 1220. The van der Waals surface area contributed by atoms with Gasteiger partial charge in [0.15, 0.2) is 0 Å². The van der Waals surface area contributed by atoms with E-state index in [4.69, 9.17) is 0 Å². The average Bonchev–Trinajstić information content (AvgIpc) is 3.45. The zero-order chi connectivity index (χ0) is 23.9. The molecule has 5 rings (SSSR count). The summed E-state index contributed by atoms with van der Waals surface area (Å²) >= 11 is 0. The summed E-state index contributed by atoms with van der Waals surface area (Å²) in [6, 6.07) is 4.68. The van der Waals surface area contributed by atoms with Crippen LogP contribution >= 0.6 is 0 Å². The van der Waals surface area contributed by atoms with E-state index in [-0.39, 0.29) is 11.6 Å². The molecule has 2 saturated heterocycles. The highest BCUT2D eigenvalue weighted by atomic mass is 16.4. The van der Waals surface area contributed by atoms with Gasteiger partial charge < -0.3 is 15.0 Å². The number of rotatable bonds is 6. The standard InChI is InChI=1S/C24H30N8O2/c1-16(2)9-19-10-18(4-8-31(19)23(33)34)30-13-24(14-30,5-6-25)32-12-17(11-29-32)21-20-3-7-26-22(20)28-15-27-21/h3,7,11-12,15-16,18-19H,4-5,8-10,13-14H2,1-2H3,(H,33,34)(H,26,27,28). The molecule has 2 fully saturated rings. The van der Waals surface area contributed by atoms with Crippen molar-refractivity contribution in [1.29, 1.82) is 5.26 Å². The van der Waals surface area contributed by atoms with Crippen molar-refractivity contribution in [2.45, 2.75) is 57.2 Å². The van der Waals surface area contributed by atoms with Gasteiger partial charge in [-0.05, 0) is 31.2 Å². The molecule has 34 heavy (non-hydrogen) atoms. The zero-order valence-corrected chi connectivity index (χ0v) is 19.6. The molecule has 2 aliphatic heterocycles. The number of aromatic nitrogens is 5. The summed E-state index contributed by atoms with van der Waals surface area (Å²) < 4.78 is 1.93. The maximum absolute atomic E-state index is 11.7. The van der Waals surface area contributed by atoms with Crippen molar-refractivity contribution in [2.75, 3.05) is 19.6 Å². The predicted octanol–water partition coefficient (Wildman–Crippen LogP) is 3.30. The molecule has 5 heterocycles. The Morgan fingerprint density at radius 2 is 2.21 bits per heavy atom. The van der Waals surface area contributed by atoms with Crippen LogP contribution in [-0.4, -0.2) is 77.4 Å². The first-order valence-electron chi connectivity index (χ1n) is 11.8. The monoisotopic (exact) mass is 462 g/mol. The lowest BCUT2D eigenvalue weighted by Crippen LogP contribution is -2.67. The largest absolute Gasteiger partial charge is 0.465 e. The van der Waals surface area contributed by atoms with Crippen LogP contribution < -0.4 is 0 Å². The zero-order valence-electron chi connectivity index (χ0n) is 19.6. The normalized spacial score (nSPS) is 22.6. The second-order valence-corrected chi connectivity index (χ2v) is 10.0. The Labute approximate surface area is 198 Å². The van der Waals surface area contributed by atoms with Gasteiger partial charge in [0.2, 0.25) is 0 Å². The molecule has 3 aromatic heterocycles. The molecular formula is C24H30N8O2. The van der Waals surface area contributed by atoms with E-state index in [2.05, 4.69) is 44.9 Å². The summed E-state index contributed by atoms with van der Waals surface area (Å²) in [5.41, 5.74) is 2.12. The van der Waals surface area contributed by atoms with E-state index in [9.17, 15) is 15.2 Å². The number of nitriles is 1. The Morgan fingerprint density at radius 1 is 1.38 bits per heavy atom. The number of fused-ring (bicyclic) bond motifs is 1. The molecule has 0 bridgehead atoms. The van der Waals surface area contributed by atoms with Crippen molar-refractivity contribution < 1.29 is 9.90 Å². The topological polar surface area (TPSA) is 127 Å². The Hall–Kier alpha value is -3.45. The molecule has 3 aromatic rings. The van der Waals surface area contributed by atoms with Crippen molar-refractivity contribution in [3.63, 3.8) is 0 Å². The van der Waals surface area contributed by atoms with E-state index in [0.29, 0.717) is 24.9 Å². The number of aromatic amines is 1. The minimum Gasteiger partial charge on any atom is -0.465 e. The van der Waals surface area contributed by atoms with E-state index in [1.807, 2.05) is 23.1 Å². The molecule has 10 heteroatoms. The summed E-state index contributed by atoms with van der Waals surface area (Å²) in [5, 5.41) is 24.8. The number of H-pyrrole nitrogens is 1. The molecule has 178 valence electrons. The van der Waals surface area contributed by atoms with Crippen LogP contribution in [0.2, 0.25) is 0 Å². The van der Waals surface area contributed by atoms with E-state index in [0.717, 1.165) is 54.6 Å². The number of hydrogen-bond acceptors (Lipinski definition) is 6. The molecule has 0 saturated carbocycles. The van der Waals surface area contributed by atoms with Crippen LogP contribution in [0.4, 0.5) is 4.79 Å². The fraction of sp³-hybridized carbons (Fsp3) is 0.542. The van der Waals surface area contributed by atoms with Gasteiger partial charge in [0.25, 0.3) is 0 Å². The lowest BCUT2D eigenvalue weighted by atomic mass is 9.82. The molecule has 0 aliphatic carbocycles. The molecule has 2 aliphatic rings. The van der Waals surface area contributed by atoms with E-state index < -0.39 is 6.09 Å². The van der Waals surface area contributed by atoms with Gasteiger partial charge in [-0.15, -0.1) is 0 Å². The van der Waals surface area contributed by atoms with Crippen molar-refractivity contribution in [1.82, 2.24) is 34.5 Å². The predicted molar refractivity (Wildman–Crippen MR) is 126 cm³/mol. The van der Waals surface area contributed by atoms with Crippen LogP contribution in [0, 0.1) is 17.2 Å². The van der Waals surface area contributed by atoms with Gasteiger partial charge in [-0.25, -0.2) is 14.8 Å². The van der Waals surface area contributed by atoms with Gasteiger partial charge in [-0.3, -0.25) is 9.58 Å². The third-order valence-electron chi connectivity index (χ3n) is 7.29. The number of carbonyl (C=O) groups is 1. The minimum absolute atomic E-state index is 0.0417. The summed E-state index contributed by atoms with van der Waals surface area (Å²) in [6.07, 6.45) is 9.25. The number of hydrogen-bond donors (Lipinski definition) is 2. The molecule has 0 aromatic carbocycles. The lowest BCUT2D eigenvalue weighted by Gasteiger charge is -2.54.